The van der Waals surface area contributed by atoms with Crippen LogP contribution in [0.5, 0.6) is 0 Å². The van der Waals surface area contributed by atoms with Gasteiger partial charge in [0.05, 0.1) is 0 Å². The summed E-state index contributed by atoms with van der Waals surface area (Å²) in [5.74, 6) is -0.996. The molecule has 0 radical (unpaired) electrons. The second-order valence-corrected chi connectivity index (χ2v) is 10.9. The molecule has 0 aromatic heterocycles. The SMILES string of the molecule is O=C(Cc1ccc(CCc2ccc3c(c2)C(=O)c2ccccc2C3=O)c2c1C(=O)c1ccccc1C2=O)c1ccccc1. The van der Waals surface area contributed by atoms with Crippen molar-refractivity contribution in [2.75, 3.05) is 0 Å². The third-order valence-corrected chi connectivity index (χ3v) is 8.37. The van der Waals surface area contributed by atoms with E-state index in [0.29, 0.717) is 68.5 Å². The molecule has 2 aliphatic carbocycles. The van der Waals surface area contributed by atoms with Crippen LogP contribution in [-0.4, -0.2) is 28.9 Å². The van der Waals surface area contributed by atoms with E-state index in [1.807, 2.05) is 18.2 Å². The number of carbonyl (C=O) groups excluding carboxylic acids is 5. The summed E-state index contributed by atoms with van der Waals surface area (Å²) in [7, 11) is 0. The Morgan fingerprint density at radius 1 is 0.442 bits per heavy atom. The molecule has 0 heterocycles. The van der Waals surface area contributed by atoms with Gasteiger partial charge in [-0.25, -0.2) is 0 Å². The molecule has 5 nitrogen and oxygen atoms in total. The molecule has 5 aromatic carbocycles. The van der Waals surface area contributed by atoms with Gasteiger partial charge in [0.25, 0.3) is 0 Å². The summed E-state index contributed by atoms with van der Waals surface area (Å²) in [6.45, 7) is 0. The van der Waals surface area contributed by atoms with Crippen LogP contribution in [0.1, 0.15) is 90.7 Å². The summed E-state index contributed by atoms with van der Waals surface area (Å²) in [5.41, 5.74) is 5.48. The number of Topliss-reactive ketones (excluding diaryl/α,β-unsaturated/α-hetero) is 1. The van der Waals surface area contributed by atoms with Crippen LogP contribution < -0.4 is 0 Å². The fourth-order valence-corrected chi connectivity index (χ4v) is 6.19. The van der Waals surface area contributed by atoms with Crippen molar-refractivity contribution < 1.29 is 24.0 Å². The van der Waals surface area contributed by atoms with Gasteiger partial charge in [0.2, 0.25) is 0 Å². The van der Waals surface area contributed by atoms with E-state index in [0.717, 1.165) is 5.56 Å². The fourth-order valence-electron chi connectivity index (χ4n) is 6.19. The van der Waals surface area contributed by atoms with Gasteiger partial charge in [-0.05, 0) is 35.6 Å². The van der Waals surface area contributed by atoms with E-state index in [1.54, 1.807) is 91.0 Å². The normalized spacial score (nSPS) is 13.2. The molecule has 7 rings (SSSR count). The average molecular weight is 561 g/mol. The summed E-state index contributed by atoms with van der Waals surface area (Å²) in [5, 5.41) is 0. The molecule has 0 fully saturated rings. The molecule has 0 N–H and O–H groups in total. The summed E-state index contributed by atoms with van der Waals surface area (Å²) in [6, 6.07) is 31.4. The standard InChI is InChI=1S/C38H24O5/c39-32(23-8-2-1-3-9-23)21-25-18-17-24(33-34(25)38(43)29-13-7-6-12-28(29)37(33)42)16-14-22-15-19-30-31(20-22)36(41)27-11-5-4-10-26(27)35(30)40/h1-13,15,17-20H,14,16,21H2. The maximum atomic E-state index is 13.9. The molecule has 0 atom stereocenters. The molecule has 0 unspecified atom stereocenters. The van der Waals surface area contributed by atoms with Crippen molar-refractivity contribution in [3.63, 3.8) is 0 Å². The zero-order chi connectivity index (χ0) is 29.7. The summed E-state index contributed by atoms with van der Waals surface area (Å²) in [6.07, 6.45) is 0.901. The molecule has 2 aliphatic rings. The fraction of sp³-hybridized carbons (Fsp3) is 0.0789. The van der Waals surface area contributed by atoms with Gasteiger partial charge in [-0.15, -0.1) is 0 Å². The van der Waals surface area contributed by atoms with Gasteiger partial charge >= 0.3 is 0 Å². The van der Waals surface area contributed by atoms with Crippen LogP contribution in [0.25, 0.3) is 0 Å². The number of hydrogen-bond acceptors (Lipinski definition) is 5. The Hall–Kier alpha value is -5.55. The largest absolute Gasteiger partial charge is 0.294 e. The van der Waals surface area contributed by atoms with E-state index in [4.69, 9.17) is 0 Å². The highest BCUT2D eigenvalue weighted by Gasteiger charge is 2.34. The van der Waals surface area contributed by atoms with Gasteiger partial charge < -0.3 is 0 Å². The minimum absolute atomic E-state index is 0.00372. The molecule has 0 aliphatic heterocycles. The van der Waals surface area contributed by atoms with Gasteiger partial charge in [0.1, 0.15) is 0 Å². The van der Waals surface area contributed by atoms with Crippen LogP contribution in [-0.2, 0) is 19.3 Å². The Morgan fingerprint density at radius 3 is 1.56 bits per heavy atom. The summed E-state index contributed by atoms with van der Waals surface area (Å²) in [4.78, 5) is 67.1. The van der Waals surface area contributed by atoms with Crippen LogP contribution in [0, 0.1) is 0 Å². The highest BCUT2D eigenvalue weighted by Crippen LogP contribution is 2.34. The van der Waals surface area contributed by atoms with Crippen molar-refractivity contribution in [2.45, 2.75) is 19.3 Å². The average Bonchev–Trinajstić information content (AvgIpc) is 3.05. The number of ketones is 5. The third kappa shape index (κ3) is 4.37. The zero-order valence-electron chi connectivity index (χ0n) is 23.1. The predicted octanol–water partition coefficient (Wildman–Crippen LogP) is 6.45. The quantitative estimate of drug-likeness (QED) is 0.218. The molecule has 5 heteroatoms. The molecule has 206 valence electrons. The smallest absolute Gasteiger partial charge is 0.194 e. The Morgan fingerprint density at radius 2 is 0.930 bits per heavy atom. The predicted molar refractivity (Wildman–Crippen MR) is 161 cm³/mol. The maximum Gasteiger partial charge on any atom is 0.194 e. The molecule has 0 saturated carbocycles. The summed E-state index contributed by atoms with van der Waals surface area (Å²) < 4.78 is 0. The number of aryl methyl sites for hydroxylation is 2. The highest BCUT2D eigenvalue weighted by molar-refractivity contribution is 6.30. The van der Waals surface area contributed by atoms with Crippen LogP contribution in [0.3, 0.4) is 0 Å². The number of carbonyl (C=O) groups is 5. The molecule has 43 heavy (non-hydrogen) atoms. The van der Waals surface area contributed by atoms with E-state index < -0.39 is 0 Å². The Kier molecular flexibility index (Phi) is 6.36. The van der Waals surface area contributed by atoms with E-state index in [2.05, 4.69) is 0 Å². The molecule has 0 saturated heterocycles. The van der Waals surface area contributed by atoms with E-state index in [1.165, 1.54) is 0 Å². The monoisotopic (exact) mass is 560 g/mol. The molecule has 0 bridgehead atoms. The molecular weight excluding hydrogens is 536 g/mol. The van der Waals surface area contributed by atoms with Crippen LogP contribution in [0.2, 0.25) is 0 Å². The number of rotatable bonds is 6. The van der Waals surface area contributed by atoms with E-state index >= 15 is 0 Å². The maximum absolute atomic E-state index is 13.9. The van der Waals surface area contributed by atoms with Crippen molar-refractivity contribution >= 4 is 28.9 Å². The van der Waals surface area contributed by atoms with Crippen molar-refractivity contribution in [3.05, 3.63) is 176 Å². The van der Waals surface area contributed by atoms with Gasteiger partial charge in [-0.1, -0.05) is 103 Å². The summed E-state index contributed by atoms with van der Waals surface area (Å²) >= 11 is 0. The minimum Gasteiger partial charge on any atom is -0.294 e. The van der Waals surface area contributed by atoms with Crippen LogP contribution in [0.4, 0.5) is 0 Å². The highest BCUT2D eigenvalue weighted by atomic mass is 16.1. The van der Waals surface area contributed by atoms with Gasteiger partial charge in [-0.2, -0.15) is 0 Å². The Labute approximate surface area is 247 Å². The number of hydrogen-bond donors (Lipinski definition) is 0. The van der Waals surface area contributed by atoms with Gasteiger partial charge in [0, 0.05) is 56.5 Å². The first-order valence-electron chi connectivity index (χ1n) is 14.1. The Balaban J connectivity index is 1.24. The first kappa shape index (κ1) is 26.4. The number of fused-ring (bicyclic) bond motifs is 4. The molecule has 5 aromatic rings. The zero-order valence-corrected chi connectivity index (χ0v) is 23.1. The lowest BCUT2D eigenvalue weighted by Crippen LogP contribution is -2.25. The van der Waals surface area contributed by atoms with Crippen molar-refractivity contribution in [1.29, 1.82) is 0 Å². The van der Waals surface area contributed by atoms with Gasteiger partial charge in [0.15, 0.2) is 28.9 Å². The van der Waals surface area contributed by atoms with Crippen LogP contribution >= 0.6 is 0 Å². The van der Waals surface area contributed by atoms with Crippen LogP contribution in [0.15, 0.2) is 109 Å². The lowest BCUT2D eigenvalue weighted by Gasteiger charge is -2.23. The third-order valence-electron chi connectivity index (χ3n) is 8.37. The lowest BCUT2D eigenvalue weighted by molar-refractivity contribution is 0.0971. The lowest BCUT2D eigenvalue weighted by atomic mass is 9.77. The molecule has 0 spiro atoms. The van der Waals surface area contributed by atoms with Gasteiger partial charge in [-0.3, -0.25) is 24.0 Å². The topological polar surface area (TPSA) is 85.3 Å². The second kappa shape index (κ2) is 10.4. The second-order valence-electron chi connectivity index (χ2n) is 10.9. The minimum atomic E-state index is -0.264. The Bertz CT molecular complexity index is 2030. The van der Waals surface area contributed by atoms with Crippen molar-refractivity contribution in [1.82, 2.24) is 0 Å². The molecular formula is C38H24O5. The van der Waals surface area contributed by atoms with Crippen molar-refractivity contribution in [3.8, 4) is 0 Å². The first-order chi connectivity index (χ1) is 20.9. The van der Waals surface area contributed by atoms with Crippen molar-refractivity contribution in [2.24, 2.45) is 0 Å². The number of benzene rings is 5. The first-order valence-corrected chi connectivity index (χ1v) is 14.1. The van der Waals surface area contributed by atoms with E-state index in [-0.39, 0.29) is 40.9 Å². The molecule has 0 amide bonds. The van der Waals surface area contributed by atoms with E-state index in [9.17, 15) is 24.0 Å².